The molecule has 0 aliphatic heterocycles. The Morgan fingerprint density at radius 2 is 2.25 bits per heavy atom. The molecule has 0 amide bonds. The second-order valence-corrected chi connectivity index (χ2v) is 4.70. The van der Waals surface area contributed by atoms with Crippen molar-refractivity contribution in [2.75, 3.05) is 0 Å². The topological polar surface area (TPSA) is 49.8 Å². The van der Waals surface area contributed by atoms with Gasteiger partial charge in [0.05, 0.1) is 17.3 Å². The Morgan fingerprint density at radius 3 is 2.81 bits per heavy atom. The summed E-state index contributed by atoms with van der Waals surface area (Å²) in [5, 5.41) is 9.57. The molecule has 16 heavy (non-hydrogen) atoms. The average Bonchev–Trinajstić information content (AvgIpc) is 2.28. The number of rotatable bonds is 3. The lowest BCUT2D eigenvalue weighted by Crippen LogP contribution is -2.01. The predicted octanol–water partition coefficient (Wildman–Crippen LogP) is 4.10. The second-order valence-electron chi connectivity index (χ2n) is 3.38. The number of hydrogen-bond donors (Lipinski definition) is 1. The van der Waals surface area contributed by atoms with Crippen LogP contribution in [0.15, 0.2) is 28.2 Å². The second kappa shape index (κ2) is 5.93. The Morgan fingerprint density at radius 1 is 1.56 bits per heavy atom. The zero-order valence-electron chi connectivity index (χ0n) is 8.93. The van der Waals surface area contributed by atoms with E-state index >= 15 is 0 Å². The highest BCUT2D eigenvalue weighted by atomic mass is 79.9. The first kappa shape index (κ1) is 13.1. The van der Waals surface area contributed by atoms with Crippen molar-refractivity contribution >= 4 is 33.2 Å². The van der Waals surface area contributed by atoms with E-state index in [4.69, 9.17) is 22.6 Å². The highest BCUT2D eigenvalue weighted by Gasteiger charge is 2.09. The third-order valence-corrected chi connectivity index (χ3v) is 3.00. The number of benzene rings is 1. The Labute approximate surface area is 109 Å². The van der Waals surface area contributed by atoms with Crippen molar-refractivity contribution < 1.29 is 0 Å². The summed E-state index contributed by atoms with van der Waals surface area (Å²) in [7, 11) is 0. The minimum absolute atomic E-state index is 0.468. The van der Waals surface area contributed by atoms with E-state index in [1.165, 1.54) is 0 Å². The lowest BCUT2D eigenvalue weighted by molar-refractivity contribution is 0.929. The molecular weight excluding hydrogens is 288 g/mol. The van der Waals surface area contributed by atoms with Gasteiger partial charge in [0.2, 0.25) is 0 Å². The number of nitrogens with zero attached hydrogens (tertiary/aromatic N) is 1. The molecule has 1 aromatic carbocycles. The average molecular weight is 300 g/mol. The first-order valence-corrected chi connectivity index (χ1v) is 6.11. The van der Waals surface area contributed by atoms with Crippen molar-refractivity contribution in [1.29, 1.82) is 5.26 Å². The summed E-state index contributed by atoms with van der Waals surface area (Å²) >= 11 is 9.40. The van der Waals surface area contributed by atoms with E-state index in [0.29, 0.717) is 28.3 Å². The number of halogens is 2. The Bertz CT molecular complexity index is 461. The molecule has 0 fully saturated rings. The molecule has 0 heterocycles. The van der Waals surface area contributed by atoms with Crippen molar-refractivity contribution in [3.05, 3.63) is 38.8 Å². The van der Waals surface area contributed by atoms with E-state index in [-0.39, 0.29) is 0 Å². The molecule has 0 aliphatic rings. The minimum Gasteiger partial charge on any atom is -0.397 e. The molecule has 0 bridgehead atoms. The number of allylic oxidation sites excluding steroid dienone is 1. The molecule has 0 unspecified atom stereocenters. The third kappa shape index (κ3) is 3.01. The number of nitrogens with two attached hydrogens (primary N) is 1. The number of nitriles is 1. The van der Waals surface area contributed by atoms with Gasteiger partial charge < -0.3 is 5.73 Å². The largest absolute Gasteiger partial charge is 0.397 e. The molecule has 1 rings (SSSR count). The van der Waals surface area contributed by atoms with Crippen LogP contribution in [0.5, 0.6) is 0 Å². The van der Waals surface area contributed by atoms with Gasteiger partial charge in [0, 0.05) is 15.1 Å². The minimum atomic E-state index is 0.468. The van der Waals surface area contributed by atoms with Gasteiger partial charge in [-0.3, -0.25) is 0 Å². The molecule has 0 saturated heterocycles. The van der Waals surface area contributed by atoms with Crippen LogP contribution in [0.3, 0.4) is 0 Å². The summed E-state index contributed by atoms with van der Waals surface area (Å²) < 4.78 is 0.892. The standard InChI is InChI=1S/C12H12BrClN2/c1-2-3-8(7-15)12(16)10-6-9(13)4-5-11(10)14/h4-6H,2-3,16H2,1H3/b12-8-. The summed E-state index contributed by atoms with van der Waals surface area (Å²) in [5.41, 5.74) is 7.72. The fourth-order valence-corrected chi connectivity index (χ4v) is 1.95. The van der Waals surface area contributed by atoms with Gasteiger partial charge in [0.25, 0.3) is 0 Å². The normalized spacial score (nSPS) is 11.9. The van der Waals surface area contributed by atoms with E-state index in [1.807, 2.05) is 19.1 Å². The summed E-state index contributed by atoms with van der Waals surface area (Å²) in [5.74, 6) is 0. The predicted molar refractivity (Wildman–Crippen MR) is 70.8 cm³/mol. The molecule has 2 nitrogen and oxygen atoms in total. The van der Waals surface area contributed by atoms with Gasteiger partial charge in [-0.25, -0.2) is 0 Å². The van der Waals surface area contributed by atoms with Crippen LogP contribution in [0, 0.1) is 11.3 Å². The van der Waals surface area contributed by atoms with Gasteiger partial charge in [-0.05, 0) is 24.6 Å². The molecule has 0 aromatic heterocycles. The molecule has 0 spiro atoms. The lowest BCUT2D eigenvalue weighted by Gasteiger charge is -2.07. The smallest absolute Gasteiger partial charge is 0.0968 e. The zero-order chi connectivity index (χ0) is 12.1. The molecule has 84 valence electrons. The molecule has 1 aromatic rings. The van der Waals surface area contributed by atoms with Crippen LogP contribution in [0.25, 0.3) is 5.70 Å². The molecule has 0 saturated carbocycles. The zero-order valence-corrected chi connectivity index (χ0v) is 11.3. The molecular formula is C12H12BrClN2. The molecule has 2 N–H and O–H groups in total. The van der Waals surface area contributed by atoms with Gasteiger partial charge in [-0.15, -0.1) is 0 Å². The summed E-state index contributed by atoms with van der Waals surface area (Å²) in [6, 6.07) is 7.55. The first-order valence-electron chi connectivity index (χ1n) is 4.94. The van der Waals surface area contributed by atoms with E-state index < -0.39 is 0 Å². The molecule has 0 atom stereocenters. The van der Waals surface area contributed by atoms with Crippen LogP contribution in [0.4, 0.5) is 0 Å². The monoisotopic (exact) mass is 298 g/mol. The summed E-state index contributed by atoms with van der Waals surface area (Å²) in [6.07, 6.45) is 1.56. The maximum atomic E-state index is 9.01. The highest BCUT2D eigenvalue weighted by Crippen LogP contribution is 2.27. The van der Waals surface area contributed by atoms with Gasteiger partial charge >= 0.3 is 0 Å². The highest BCUT2D eigenvalue weighted by molar-refractivity contribution is 9.10. The molecule has 0 radical (unpaired) electrons. The lowest BCUT2D eigenvalue weighted by atomic mass is 10.0. The Balaban J connectivity index is 3.27. The summed E-state index contributed by atoms with van der Waals surface area (Å²) in [4.78, 5) is 0. The van der Waals surface area contributed by atoms with Crippen LogP contribution in [0.2, 0.25) is 5.02 Å². The van der Waals surface area contributed by atoms with Crippen molar-refractivity contribution in [2.24, 2.45) is 5.73 Å². The quantitative estimate of drug-likeness (QED) is 0.854. The Kier molecular flexibility index (Phi) is 4.85. The van der Waals surface area contributed by atoms with Crippen molar-refractivity contribution in [3.8, 4) is 6.07 Å². The SMILES string of the molecule is CCC/C(C#N)=C(/N)c1cc(Br)ccc1Cl. The summed E-state index contributed by atoms with van der Waals surface area (Å²) in [6.45, 7) is 2.01. The van der Waals surface area contributed by atoms with Crippen LogP contribution in [-0.4, -0.2) is 0 Å². The van der Waals surface area contributed by atoms with Gasteiger partial charge in [-0.1, -0.05) is 40.9 Å². The van der Waals surface area contributed by atoms with Gasteiger partial charge in [0.1, 0.15) is 0 Å². The molecule has 0 aliphatic carbocycles. The maximum absolute atomic E-state index is 9.01. The van der Waals surface area contributed by atoms with E-state index in [1.54, 1.807) is 6.07 Å². The maximum Gasteiger partial charge on any atom is 0.0968 e. The van der Waals surface area contributed by atoms with Crippen LogP contribution >= 0.6 is 27.5 Å². The third-order valence-electron chi connectivity index (χ3n) is 2.18. The van der Waals surface area contributed by atoms with Gasteiger partial charge in [0.15, 0.2) is 0 Å². The van der Waals surface area contributed by atoms with Crippen molar-refractivity contribution in [3.63, 3.8) is 0 Å². The van der Waals surface area contributed by atoms with E-state index in [9.17, 15) is 0 Å². The molecule has 4 heteroatoms. The number of hydrogen-bond acceptors (Lipinski definition) is 2. The van der Waals surface area contributed by atoms with Crippen LogP contribution in [0.1, 0.15) is 25.3 Å². The Hall–Kier alpha value is -0.980. The van der Waals surface area contributed by atoms with Crippen molar-refractivity contribution in [2.45, 2.75) is 19.8 Å². The van der Waals surface area contributed by atoms with E-state index in [0.717, 1.165) is 10.9 Å². The first-order chi connectivity index (χ1) is 7.60. The van der Waals surface area contributed by atoms with Crippen LogP contribution < -0.4 is 5.73 Å². The van der Waals surface area contributed by atoms with Crippen LogP contribution in [-0.2, 0) is 0 Å². The fourth-order valence-electron chi connectivity index (χ4n) is 1.37. The van der Waals surface area contributed by atoms with Gasteiger partial charge in [-0.2, -0.15) is 5.26 Å². The van der Waals surface area contributed by atoms with E-state index in [2.05, 4.69) is 22.0 Å². The van der Waals surface area contributed by atoms with Crippen molar-refractivity contribution in [1.82, 2.24) is 0 Å². The fraction of sp³-hybridized carbons (Fsp3) is 0.250.